The molecule has 1 amide bonds. The van der Waals surface area contributed by atoms with Crippen LogP contribution in [0, 0.1) is 5.92 Å². The first-order valence-electron chi connectivity index (χ1n) is 7.12. The van der Waals surface area contributed by atoms with Gasteiger partial charge in [-0.05, 0) is 36.6 Å². The highest BCUT2D eigenvalue weighted by atomic mass is 32.2. The van der Waals surface area contributed by atoms with Gasteiger partial charge in [0.1, 0.15) is 11.8 Å². The molecule has 0 heterocycles. The minimum Gasteiger partial charge on any atom is -0.493 e. The lowest BCUT2D eigenvalue weighted by Crippen LogP contribution is -2.48. The highest BCUT2D eigenvalue weighted by Gasteiger charge is 2.28. The largest absolute Gasteiger partial charge is 0.493 e. The summed E-state index contributed by atoms with van der Waals surface area (Å²) in [5, 5.41) is 8.70. The minimum atomic E-state index is -3.90. The predicted octanol–water partition coefficient (Wildman–Crippen LogP) is 1.45. The van der Waals surface area contributed by atoms with Crippen LogP contribution in [0.4, 0.5) is 0 Å². The molecular weight excluding hydrogens is 320 g/mol. The second-order valence-corrected chi connectivity index (χ2v) is 6.93. The number of hydrogen-bond acceptors (Lipinski definition) is 5. The van der Waals surface area contributed by atoms with E-state index in [-0.39, 0.29) is 10.8 Å². The average molecular weight is 342 g/mol. The Morgan fingerprint density at radius 1 is 1.35 bits per heavy atom. The van der Waals surface area contributed by atoms with Crippen LogP contribution in [-0.2, 0) is 14.8 Å². The van der Waals surface area contributed by atoms with Gasteiger partial charge < -0.3 is 4.74 Å². The van der Waals surface area contributed by atoms with Gasteiger partial charge in [-0.25, -0.2) is 13.9 Å². The molecule has 0 aliphatic carbocycles. The van der Waals surface area contributed by atoms with Crippen molar-refractivity contribution < 1.29 is 23.2 Å². The molecule has 0 spiro atoms. The van der Waals surface area contributed by atoms with E-state index in [2.05, 4.69) is 11.3 Å². The topological polar surface area (TPSA) is 105 Å². The molecule has 23 heavy (non-hydrogen) atoms. The van der Waals surface area contributed by atoms with Gasteiger partial charge in [0.15, 0.2) is 0 Å². The standard InChI is InChI=1S/C15H22N2O5S/c1-4-5-10-22-12-6-8-13(9-7-12)23(20,21)17-14(11(2)3)15(18)16-19/h4,6-9,11,14,17,19H,1,5,10H2,2-3H3,(H,16,18)/t14-/m1/s1. The number of hydrogen-bond donors (Lipinski definition) is 3. The maximum Gasteiger partial charge on any atom is 0.261 e. The summed E-state index contributed by atoms with van der Waals surface area (Å²) in [7, 11) is -3.90. The van der Waals surface area contributed by atoms with E-state index in [0.717, 1.165) is 0 Å². The highest BCUT2D eigenvalue weighted by molar-refractivity contribution is 7.89. The molecule has 1 aromatic rings. The number of sulfonamides is 1. The Morgan fingerprint density at radius 3 is 2.43 bits per heavy atom. The number of nitrogens with one attached hydrogen (secondary N) is 2. The van der Waals surface area contributed by atoms with Crippen LogP contribution in [0.15, 0.2) is 41.8 Å². The Balaban J connectivity index is 2.86. The van der Waals surface area contributed by atoms with Crippen molar-refractivity contribution in [2.75, 3.05) is 6.61 Å². The third-order valence-electron chi connectivity index (χ3n) is 3.07. The molecule has 0 aliphatic rings. The van der Waals surface area contributed by atoms with E-state index < -0.39 is 22.0 Å². The zero-order valence-electron chi connectivity index (χ0n) is 13.2. The van der Waals surface area contributed by atoms with Crippen LogP contribution in [-0.4, -0.2) is 32.2 Å². The molecule has 7 nitrogen and oxygen atoms in total. The fraction of sp³-hybridized carbons (Fsp3) is 0.400. The molecule has 128 valence electrons. The molecule has 0 saturated heterocycles. The molecule has 3 N–H and O–H groups in total. The normalized spacial score (nSPS) is 12.7. The molecular formula is C15H22N2O5S. The van der Waals surface area contributed by atoms with Gasteiger partial charge in [-0.2, -0.15) is 4.72 Å². The maximum absolute atomic E-state index is 12.3. The molecule has 1 aromatic carbocycles. The number of ether oxygens (including phenoxy) is 1. The molecule has 0 radical (unpaired) electrons. The van der Waals surface area contributed by atoms with Crippen molar-refractivity contribution in [2.45, 2.75) is 31.2 Å². The minimum absolute atomic E-state index is 0.00459. The monoisotopic (exact) mass is 342 g/mol. The zero-order valence-corrected chi connectivity index (χ0v) is 14.0. The van der Waals surface area contributed by atoms with Gasteiger partial charge in [0.25, 0.3) is 5.91 Å². The van der Waals surface area contributed by atoms with Gasteiger partial charge in [0.2, 0.25) is 10.0 Å². The van der Waals surface area contributed by atoms with Crippen LogP contribution < -0.4 is 14.9 Å². The number of carbonyl (C=O) groups is 1. The predicted molar refractivity (Wildman–Crippen MR) is 85.6 cm³/mol. The third kappa shape index (κ3) is 5.66. The number of amides is 1. The van der Waals surface area contributed by atoms with E-state index in [9.17, 15) is 13.2 Å². The molecule has 8 heteroatoms. The smallest absolute Gasteiger partial charge is 0.261 e. The summed E-state index contributed by atoms with van der Waals surface area (Å²) in [6, 6.07) is 4.77. The van der Waals surface area contributed by atoms with E-state index in [4.69, 9.17) is 9.94 Å². The van der Waals surface area contributed by atoms with Gasteiger partial charge >= 0.3 is 0 Å². The van der Waals surface area contributed by atoms with Gasteiger partial charge in [0.05, 0.1) is 11.5 Å². The summed E-state index contributed by atoms with van der Waals surface area (Å²) in [6.45, 7) is 7.37. The Bertz CT molecular complexity index is 626. The fourth-order valence-electron chi connectivity index (χ4n) is 1.77. The van der Waals surface area contributed by atoms with Gasteiger partial charge in [-0.3, -0.25) is 10.0 Å². The Hall–Kier alpha value is -1.90. The fourth-order valence-corrected chi connectivity index (χ4v) is 3.12. The van der Waals surface area contributed by atoms with Crippen LogP contribution >= 0.6 is 0 Å². The molecule has 0 unspecified atom stereocenters. The van der Waals surface area contributed by atoms with Crippen LogP contribution in [0.5, 0.6) is 5.75 Å². The number of carbonyl (C=O) groups excluding carboxylic acids is 1. The van der Waals surface area contributed by atoms with E-state index in [1.165, 1.54) is 29.7 Å². The summed E-state index contributed by atoms with van der Waals surface area (Å²) in [5.41, 5.74) is 1.46. The first kappa shape index (κ1) is 19.1. The van der Waals surface area contributed by atoms with Gasteiger partial charge in [0, 0.05) is 0 Å². The van der Waals surface area contributed by atoms with Crippen molar-refractivity contribution in [2.24, 2.45) is 5.92 Å². The van der Waals surface area contributed by atoms with Crippen molar-refractivity contribution in [1.29, 1.82) is 0 Å². The van der Waals surface area contributed by atoms with Crippen molar-refractivity contribution in [3.8, 4) is 5.75 Å². The Morgan fingerprint density at radius 2 is 1.96 bits per heavy atom. The van der Waals surface area contributed by atoms with Gasteiger partial charge in [-0.1, -0.05) is 19.9 Å². The Kier molecular flexibility index (Phi) is 7.21. The van der Waals surface area contributed by atoms with E-state index >= 15 is 0 Å². The second kappa shape index (κ2) is 8.66. The van der Waals surface area contributed by atoms with Crippen molar-refractivity contribution in [1.82, 2.24) is 10.2 Å². The number of benzene rings is 1. The van der Waals surface area contributed by atoms with Crippen LogP contribution in [0.1, 0.15) is 20.3 Å². The molecule has 0 aliphatic heterocycles. The Labute approximate surface area is 136 Å². The van der Waals surface area contributed by atoms with E-state index in [1.54, 1.807) is 19.9 Å². The lowest BCUT2D eigenvalue weighted by Gasteiger charge is -2.20. The summed E-state index contributed by atoms with van der Waals surface area (Å²) >= 11 is 0. The lowest BCUT2D eigenvalue weighted by molar-refractivity contribution is -0.131. The third-order valence-corrected chi connectivity index (χ3v) is 4.52. The van der Waals surface area contributed by atoms with Crippen molar-refractivity contribution >= 4 is 15.9 Å². The summed E-state index contributed by atoms with van der Waals surface area (Å²) in [4.78, 5) is 11.6. The van der Waals surface area contributed by atoms with Crippen LogP contribution in [0.3, 0.4) is 0 Å². The molecule has 1 rings (SSSR count). The number of hydroxylamine groups is 1. The molecule has 0 bridgehead atoms. The summed E-state index contributed by atoms with van der Waals surface area (Å²) in [6.07, 6.45) is 2.41. The molecule has 0 fully saturated rings. The van der Waals surface area contributed by atoms with Crippen LogP contribution in [0.2, 0.25) is 0 Å². The average Bonchev–Trinajstić information content (AvgIpc) is 2.52. The second-order valence-electron chi connectivity index (χ2n) is 5.22. The first-order chi connectivity index (χ1) is 10.8. The van der Waals surface area contributed by atoms with Crippen LogP contribution in [0.25, 0.3) is 0 Å². The molecule has 0 saturated carbocycles. The SMILES string of the molecule is C=CCCOc1ccc(S(=O)(=O)N[C@@H](C(=O)NO)C(C)C)cc1. The van der Waals surface area contributed by atoms with E-state index in [0.29, 0.717) is 18.8 Å². The lowest BCUT2D eigenvalue weighted by atomic mass is 10.1. The van der Waals surface area contributed by atoms with E-state index in [1.807, 2.05) is 0 Å². The first-order valence-corrected chi connectivity index (χ1v) is 8.60. The van der Waals surface area contributed by atoms with Gasteiger partial charge in [-0.15, -0.1) is 6.58 Å². The number of rotatable bonds is 9. The highest BCUT2D eigenvalue weighted by Crippen LogP contribution is 2.17. The summed E-state index contributed by atoms with van der Waals surface area (Å²) < 4.78 is 32.3. The summed E-state index contributed by atoms with van der Waals surface area (Å²) in [5.74, 6) is -0.606. The van der Waals surface area contributed by atoms with Crippen molar-refractivity contribution in [3.05, 3.63) is 36.9 Å². The maximum atomic E-state index is 12.3. The quantitative estimate of drug-likeness (QED) is 0.273. The van der Waals surface area contributed by atoms with Crippen molar-refractivity contribution in [3.63, 3.8) is 0 Å². The zero-order chi connectivity index (χ0) is 17.5. The molecule has 1 atom stereocenters. The molecule has 0 aromatic heterocycles.